The van der Waals surface area contributed by atoms with E-state index >= 15 is 0 Å². The number of carbonyl (C=O) groups excluding carboxylic acids is 1. The molecule has 1 aliphatic heterocycles. The second-order valence-electron chi connectivity index (χ2n) is 5.82. The quantitative estimate of drug-likeness (QED) is 0.780. The molecule has 1 N–H and O–H groups in total. The topological polar surface area (TPSA) is 66.5 Å². The van der Waals surface area contributed by atoms with Crippen LogP contribution in [0, 0.1) is 5.92 Å². The predicted octanol–water partition coefficient (Wildman–Crippen LogP) is 0.656. The first-order chi connectivity index (χ1) is 8.73. The van der Waals surface area contributed by atoms with Gasteiger partial charge in [0.15, 0.2) is 9.84 Å². The van der Waals surface area contributed by atoms with E-state index in [0.717, 1.165) is 6.54 Å². The Hall–Kier alpha value is -0.620. The Balaban J connectivity index is 2.35. The summed E-state index contributed by atoms with van der Waals surface area (Å²) in [5.41, 5.74) is 0. The molecule has 1 aliphatic rings. The summed E-state index contributed by atoms with van der Waals surface area (Å²) < 4.78 is 22.6. The molecule has 1 heterocycles. The van der Waals surface area contributed by atoms with E-state index in [1.54, 1.807) is 0 Å². The van der Waals surface area contributed by atoms with Gasteiger partial charge in [0.05, 0.1) is 17.4 Å². The van der Waals surface area contributed by atoms with Crippen molar-refractivity contribution in [2.75, 3.05) is 24.6 Å². The number of amides is 1. The molecule has 0 aromatic rings. The summed E-state index contributed by atoms with van der Waals surface area (Å²) >= 11 is 0. The van der Waals surface area contributed by atoms with Crippen molar-refractivity contribution >= 4 is 15.7 Å². The fourth-order valence-electron chi connectivity index (χ4n) is 2.57. The minimum absolute atomic E-state index is 0.0108. The Kier molecular flexibility index (Phi) is 5.80. The fraction of sp³-hybridized carbons (Fsp3) is 0.923. The van der Waals surface area contributed by atoms with E-state index in [4.69, 9.17) is 0 Å². The molecule has 0 bridgehead atoms. The van der Waals surface area contributed by atoms with Gasteiger partial charge < -0.3 is 5.32 Å². The van der Waals surface area contributed by atoms with Crippen molar-refractivity contribution < 1.29 is 13.2 Å². The highest BCUT2D eigenvalue weighted by molar-refractivity contribution is 7.91. The highest BCUT2D eigenvalue weighted by Gasteiger charge is 2.32. The molecule has 1 amide bonds. The minimum atomic E-state index is -2.98. The molecule has 1 rings (SSSR count). The zero-order valence-electron chi connectivity index (χ0n) is 12.3. The van der Waals surface area contributed by atoms with Crippen LogP contribution < -0.4 is 5.32 Å². The third-order valence-electron chi connectivity index (χ3n) is 3.60. The Morgan fingerprint density at radius 1 is 1.26 bits per heavy atom. The van der Waals surface area contributed by atoms with Crippen molar-refractivity contribution in [1.29, 1.82) is 0 Å². The Morgan fingerprint density at radius 2 is 1.84 bits per heavy atom. The summed E-state index contributed by atoms with van der Waals surface area (Å²) in [6.45, 7) is 9.89. The molecule has 0 unspecified atom stereocenters. The zero-order valence-corrected chi connectivity index (χ0v) is 13.2. The lowest BCUT2D eigenvalue weighted by atomic mass is 10.1. The van der Waals surface area contributed by atoms with Gasteiger partial charge in [0.2, 0.25) is 5.91 Å². The van der Waals surface area contributed by atoms with E-state index in [1.165, 1.54) is 0 Å². The standard InChI is InChI=1S/C13H26N2O3S/c1-10(2)15(11(3)4)7-6-14-13(16)12-5-8-19(17,18)9-12/h10-12H,5-9H2,1-4H3,(H,14,16)/t12-/m1/s1. The van der Waals surface area contributed by atoms with Gasteiger partial charge in [-0.3, -0.25) is 9.69 Å². The van der Waals surface area contributed by atoms with E-state index in [1.807, 2.05) is 0 Å². The van der Waals surface area contributed by atoms with Crippen molar-refractivity contribution in [3.8, 4) is 0 Å². The Bertz CT molecular complexity index is 396. The Morgan fingerprint density at radius 3 is 2.26 bits per heavy atom. The number of nitrogens with zero attached hydrogens (tertiary/aromatic N) is 1. The van der Waals surface area contributed by atoms with Crippen LogP contribution in [0.3, 0.4) is 0 Å². The first-order valence-electron chi connectivity index (χ1n) is 6.97. The van der Waals surface area contributed by atoms with Crippen molar-refractivity contribution in [2.45, 2.75) is 46.2 Å². The van der Waals surface area contributed by atoms with Crippen molar-refractivity contribution in [2.24, 2.45) is 5.92 Å². The van der Waals surface area contributed by atoms with Gasteiger partial charge in [0, 0.05) is 25.2 Å². The van der Waals surface area contributed by atoms with E-state index in [-0.39, 0.29) is 23.3 Å². The summed E-state index contributed by atoms with van der Waals surface area (Å²) in [5.74, 6) is -0.309. The van der Waals surface area contributed by atoms with E-state index in [0.29, 0.717) is 25.0 Å². The maximum absolute atomic E-state index is 11.9. The minimum Gasteiger partial charge on any atom is -0.355 e. The summed E-state index contributed by atoms with van der Waals surface area (Å²) in [7, 11) is -2.98. The van der Waals surface area contributed by atoms with Crippen LogP contribution in [0.2, 0.25) is 0 Å². The molecule has 0 aliphatic carbocycles. The number of nitrogens with one attached hydrogen (secondary N) is 1. The van der Waals surface area contributed by atoms with Crippen LogP contribution in [0.15, 0.2) is 0 Å². The number of sulfone groups is 1. The van der Waals surface area contributed by atoms with Crippen molar-refractivity contribution in [3.63, 3.8) is 0 Å². The van der Waals surface area contributed by atoms with Crippen molar-refractivity contribution in [3.05, 3.63) is 0 Å². The predicted molar refractivity (Wildman–Crippen MR) is 76.7 cm³/mol. The van der Waals surface area contributed by atoms with Crippen LogP contribution in [0.1, 0.15) is 34.1 Å². The zero-order chi connectivity index (χ0) is 14.6. The van der Waals surface area contributed by atoms with Crippen molar-refractivity contribution in [1.82, 2.24) is 10.2 Å². The maximum Gasteiger partial charge on any atom is 0.224 e. The lowest BCUT2D eigenvalue weighted by Crippen LogP contribution is -2.43. The lowest BCUT2D eigenvalue weighted by Gasteiger charge is -2.30. The molecule has 0 saturated carbocycles. The average molecular weight is 290 g/mol. The van der Waals surface area contributed by atoms with Gasteiger partial charge in [-0.25, -0.2) is 8.42 Å². The first-order valence-corrected chi connectivity index (χ1v) is 8.79. The van der Waals surface area contributed by atoms with Gasteiger partial charge >= 0.3 is 0 Å². The van der Waals surface area contributed by atoms with Crippen LogP contribution in [-0.4, -0.2) is 55.9 Å². The van der Waals surface area contributed by atoms with E-state index in [9.17, 15) is 13.2 Å². The van der Waals surface area contributed by atoms with Gasteiger partial charge in [-0.1, -0.05) is 0 Å². The molecule has 19 heavy (non-hydrogen) atoms. The van der Waals surface area contributed by atoms with Gasteiger partial charge in [0.1, 0.15) is 0 Å². The van der Waals surface area contributed by atoms with Crippen LogP contribution >= 0.6 is 0 Å². The van der Waals surface area contributed by atoms with Gasteiger partial charge in [0.25, 0.3) is 0 Å². The molecule has 1 atom stereocenters. The molecule has 0 spiro atoms. The highest BCUT2D eigenvalue weighted by atomic mass is 32.2. The van der Waals surface area contributed by atoms with E-state index < -0.39 is 9.84 Å². The second-order valence-corrected chi connectivity index (χ2v) is 8.05. The number of hydrogen-bond donors (Lipinski definition) is 1. The first kappa shape index (κ1) is 16.4. The molecule has 0 radical (unpaired) electrons. The van der Waals surface area contributed by atoms with Crippen LogP contribution in [0.4, 0.5) is 0 Å². The SMILES string of the molecule is CC(C)N(CCNC(=O)[C@@H]1CCS(=O)(=O)C1)C(C)C. The molecule has 1 saturated heterocycles. The van der Waals surface area contributed by atoms with Gasteiger partial charge in [-0.2, -0.15) is 0 Å². The highest BCUT2D eigenvalue weighted by Crippen LogP contribution is 2.18. The van der Waals surface area contributed by atoms with E-state index in [2.05, 4.69) is 37.9 Å². The molecule has 5 nitrogen and oxygen atoms in total. The molecule has 1 fully saturated rings. The number of carbonyl (C=O) groups is 1. The molecule has 0 aromatic heterocycles. The molecule has 0 aromatic carbocycles. The lowest BCUT2D eigenvalue weighted by molar-refractivity contribution is -0.124. The summed E-state index contributed by atoms with van der Waals surface area (Å²) in [6.07, 6.45) is 0.465. The summed E-state index contributed by atoms with van der Waals surface area (Å²) in [6, 6.07) is 0.868. The number of rotatable bonds is 6. The molecular formula is C13H26N2O3S. The van der Waals surface area contributed by atoms with Crippen LogP contribution in [-0.2, 0) is 14.6 Å². The fourth-order valence-corrected chi connectivity index (χ4v) is 4.31. The third kappa shape index (κ3) is 5.10. The summed E-state index contributed by atoms with van der Waals surface area (Å²) in [5, 5.41) is 2.86. The van der Waals surface area contributed by atoms with Gasteiger partial charge in [-0.05, 0) is 34.1 Å². The van der Waals surface area contributed by atoms with Gasteiger partial charge in [-0.15, -0.1) is 0 Å². The monoisotopic (exact) mass is 290 g/mol. The van der Waals surface area contributed by atoms with Crippen LogP contribution in [0.25, 0.3) is 0 Å². The smallest absolute Gasteiger partial charge is 0.224 e. The Labute approximate surface area is 116 Å². The molecular weight excluding hydrogens is 264 g/mol. The molecule has 6 heteroatoms. The summed E-state index contributed by atoms with van der Waals surface area (Å²) in [4.78, 5) is 14.2. The average Bonchev–Trinajstić information content (AvgIpc) is 2.63. The second kappa shape index (κ2) is 6.70. The molecule has 112 valence electrons. The normalized spacial score (nSPS) is 22.4. The number of hydrogen-bond acceptors (Lipinski definition) is 4. The third-order valence-corrected chi connectivity index (χ3v) is 5.37. The van der Waals surface area contributed by atoms with Crippen LogP contribution in [0.5, 0.6) is 0 Å². The largest absolute Gasteiger partial charge is 0.355 e. The maximum atomic E-state index is 11.9.